The van der Waals surface area contributed by atoms with Crippen molar-refractivity contribution in [1.82, 2.24) is 9.71 Å². The van der Waals surface area contributed by atoms with Gasteiger partial charge in [-0.25, -0.2) is 13.1 Å². The van der Waals surface area contributed by atoms with Crippen LogP contribution in [0.4, 0.5) is 5.69 Å². The molecular formula is C17H19N3O3S. The Kier molecular flexibility index (Phi) is 4.38. The molecule has 1 aromatic heterocycles. The van der Waals surface area contributed by atoms with E-state index in [1.165, 1.54) is 6.92 Å². The zero-order chi connectivity index (χ0) is 17.3. The molecule has 0 bridgehead atoms. The maximum atomic E-state index is 12.6. The van der Waals surface area contributed by atoms with Gasteiger partial charge in [0.2, 0.25) is 15.9 Å². The number of aromatic nitrogens is 1. The molecule has 1 aliphatic heterocycles. The number of rotatable bonds is 4. The smallest absolute Gasteiger partial charge is 0.241 e. The van der Waals surface area contributed by atoms with Gasteiger partial charge in [0.1, 0.15) is 0 Å². The predicted molar refractivity (Wildman–Crippen MR) is 91.1 cm³/mol. The summed E-state index contributed by atoms with van der Waals surface area (Å²) in [5, 5.41) is 0. The number of pyridine rings is 1. The monoisotopic (exact) mass is 345 g/mol. The Balaban J connectivity index is 1.85. The summed E-state index contributed by atoms with van der Waals surface area (Å²) in [5.41, 5.74) is 2.47. The summed E-state index contributed by atoms with van der Waals surface area (Å²) in [7, 11) is -3.65. The molecule has 0 spiro atoms. The number of nitrogens with zero attached hydrogens (tertiary/aromatic N) is 2. The van der Waals surface area contributed by atoms with Gasteiger partial charge in [-0.2, -0.15) is 0 Å². The van der Waals surface area contributed by atoms with E-state index in [2.05, 4.69) is 9.71 Å². The first-order valence-electron chi connectivity index (χ1n) is 7.72. The van der Waals surface area contributed by atoms with Gasteiger partial charge >= 0.3 is 0 Å². The summed E-state index contributed by atoms with van der Waals surface area (Å²) in [6, 6.07) is 8.10. The second kappa shape index (κ2) is 6.33. The van der Waals surface area contributed by atoms with Crippen molar-refractivity contribution < 1.29 is 13.2 Å². The highest BCUT2D eigenvalue weighted by Gasteiger charge is 2.25. The van der Waals surface area contributed by atoms with Gasteiger partial charge < -0.3 is 4.90 Å². The molecular weight excluding hydrogens is 326 g/mol. The van der Waals surface area contributed by atoms with Crippen molar-refractivity contribution in [2.24, 2.45) is 0 Å². The van der Waals surface area contributed by atoms with E-state index >= 15 is 0 Å². The number of hydrogen-bond acceptors (Lipinski definition) is 4. The van der Waals surface area contributed by atoms with Crippen LogP contribution >= 0.6 is 0 Å². The topological polar surface area (TPSA) is 79.4 Å². The van der Waals surface area contributed by atoms with Gasteiger partial charge in [-0.3, -0.25) is 9.78 Å². The number of sulfonamides is 1. The number of hydrogen-bond donors (Lipinski definition) is 1. The SMILES string of the molecule is CC(=O)N1CCc2cc(S(=O)(=O)NC(C)c3cccnc3)ccc21. The van der Waals surface area contributed by atoms with Gasteiger partial charge in [0.25, 0.3) is 0 Å². The molecule has 7 heteroatoms. The first kappa shape index (κ1) is 16.6. The minimum Gasteiger partial charge on any atom is -0.312 e. The van der Waals surface area contributed by atoms with E-state index in [1.807, 2.05) is 6.07 Å². The van der Waals surface area contributed by atoms with E-state index in [1.54, 1.807) is 48.5 Å². The number of carbonyl (C=O) groups excluding carboxylic acids is 1. The number of anilines is 1. The molecule has 6 nitrogen and oxygen atoms in total. The van der Waals surface area contributed by atoms with Crippen molar-refractivity contribution in [2.45, 2.75) is 31.2 Å². The van der Waals surface area contributed by atoms with Gasteiger partial charge in [0, 0.05) is 37.6 Å². The van der Waals surface area contributed by atoms with Gasteiger partial charge in [-0.05, 0) is 48.7 Å². The van der Waals surface area contributed by atoms with Crippen LogP contribution in [0.25, 0.3) is 0 Å². The summed E-state index contributed by atoms with van der Waals surface area (Å²) in [5.74, 6) is -0.0346. The van der Waals surface area contributed by atoms with Crippen LogP contribution in [0.2, 0.25) is 0 Å². The van der Waals surface area contributed by atoms with Gasteiger partial charge in [0.15, 0.2) is 0 Å². The Bertz CT molecular complexity index is 866. The number of nitrogens with one attached hydrogen (secondary N) is 1. The van der Waals surface area contributed by atoms with E-state index in [0.29, 0.717) is 13.0 Å². The zero-order valence-corrected chi connectivity index (χ0v) is 14.4. The van der Waals surface area contributed by atoms with Crippen LogP contribution in [-0.4, -0.2) is 25.9 Å². The van der Waals surface area contributed by atoms with Crippen molar-refractivity contribution in [3.8, 4) is 0 Å². The minimum absolute atomic E-state index is 0.0346. The predicted octanol–water partition coefficient (Wildman–Crippen LogP) is 2.03. The van der Waals surface area contributed by atoms with E-state index in [0.717, 1.165) is 16.8 Å². The Morgan fingerprint density at radius 3 is 2.79 bits per heavy atom. The number of fused-ring (bicyclic) bond motifs is 1. The second-order valence-corrected chi connectivity index (χ2v) is 7.55. The maximum absolute atomic E-state index is 12.6. The molecule has 1 N–H and O–H groups in total. The highest BCUT2D eigenvalue weighted by Crippen LogP contribution is 2.30. The summed E-state index contributed by atoms with van der Waals surface area (Å²) < 4.78 is 27.9. The molecule has 1 atom stereocenters. The van der Waals surface area contributed by atoms with Crippen LogP contribution in [0.3, 0.4) is 0 Å². The maximum Gasteiger partial charge on any atom is 0.241 e. The molecule has 1 aromatic carbocycles. The zero-order valence-electron chi connectivity index (χ0n) is 13.6. The Labute approximate surface area is 141 Å². The van der Waals surface area contributed by atoms with Gasteiger partial charge in [-0.15, -0.1) is 0 Å². The molecule has 1 amide bonds. The van der Waals surface area contributed by atoms with Crippen LogP contribution in [0, 0.1) is 0 Å². The fourth-order valence-electron chi connectivity index (χ4n) is 2.87. The number of benzene rings is 1. The van der Waals surface area contributed by atoms with Crippen molar-refractivity contribution in [3.05, 3.63) is 53.9 Å². The molecule has 0 aliphatic carbocycles. The summed E-state index contributed by atoms with van der Waals surface area (Å²) >= 11 is 0. The second-order valence-electron chi connectivity index (χ2n) is 5.84. The third-order valence-corrected chi connectivity index (χ3v) is 5.69. The van der Waals surface area contributed by atoms with E-state index in [9.17, 15) is 13.2 Å². The quantitative estimate of drug-likeness (QED) is 0.919. The molecule has 0 fully saturated rings. The fourth-order valence-corrected chi connectivity index (χ4v) is 4.16. The lowest BCUT2D eigenvalue weighted by atomic mass is 10.2. The van der Waals surface area contributed by atoms with Crippen LogP contribution in [0.1, 0.15) is 31.0 Å². The first-order chi connectivity index (χ1) is 11.4. The van der Waals surface area contributed by atoms with Crippen LogP contribution in [-0.2, 0) is 21.2 Å². The highest BCUT2D eigenvalue weighted by atomic mass is 32.2. The van der Waals surface area contributed by atoms with Gasteiger partial charge in [0.05, 0.1) is 4.90 Å². The Morgan fingerprint density at radius 1 is 1.33 bits per heavy atom. The molecule has 1 unspecified atom stereocenters. The number of carbonyl (C=O) groups is 1. The molecule has 24 heavy (non-hydrogen) atoms. The molecule has 2 heterocycles. The van der Waals surface area contributed by atoms with E-state index < -0.39 is 10.0 Å². The molecule has 126 valence electrons. The number of amides is 1. The highest BCUT2D eigenvalue weighted by molar-refractivity contribution is 7.89. The molecule has 3 rings (SSSR count). The average molecular weight is 345 g/mol. The molecule has 0 saturated heterocycles. The fraction of sp³-hybridized carbons (Fsp3) is 0.294. The third-order valence-electron chi connectivity index (χ3n) is 4.15. The third kappa shape index (κ3) is 3.18. The first-order valence-corrected chi connectivity index (χ1v) is 9.20. The van der Waals surface area contributed by atoms with Crippen LogP contribution < -0.4 is 9.62 Å². The molecule has 0 radical (unpaired) electrons. The van der Waals surface area contributed by atoms with Crippen molar-refractivity contribution in [1.29, 1.82) is 0 Å². The van der Waals surface area contributed by atoms with Crippen LogP contribution in [0.5, 0.6) is 0 Å². The average Bonchev–Trinajstić information content (AvgIpc) is 2.98. The summed E-state index contributed by atoms with van der Waals surface area (Å²) in [6.07, 6.45) is 3.95. The molecule has 2 aromatic rings. The van der Waals surface area contributed by atoms with Gasteiger partial charge in [-0.1, -0.05) is 6.07 Å². The summed E-state index contributed by atoms with van der Waals surface area (Å²) in [4.78, 5) is 17.5. The molecule has 0 saturated carbocycles. The normalized spacial score (nSPS) is 15.2. The van der Waals surface area contributed by atoms with Crippen molar-refractivity contribution in [3.63, 3.8) is 0 Å². The largest absolute Gasteiger partial charge is 0.312 e. The molecule has 1 aliphatic rings. The van der Waals surface area contributed by atoms with E-state index in [4.69, 9.17) is 0 Å². The summed E-state index contributed by atoms with van der Waals surface area (Å²) in [6.45, 7) is 3.88. The lowest BCUT2D eigenvalue weighted by molar-refractivity contribution is -0.116. The van der Waals surface area contributed by atoms with Crippen molar-refractivity contribution >= 4 is 21.6 Å². The Hall–Kier alpha value is -2.25. The van der Waals surface area contributed by atoms with Crippen molar-refractivity contribution in [2.75, 3.05) is 11.4 Å². The van der Waals surface area contributed by atoms with Crippen LogP contribution in [0.15, 0.2) is 47.6 Å². The lowest BCUT2D eigenvalue weighted by Crippen LogP contribution is -2.27. The standard InChI is InChI=1S/C17H19N3O3S/c1-12(15-4-3-8-18-11-15)19-24(22,23)16-5-6-17-14(10-16)7-9-20(17)13(2)21/h3-6,8,10-12,19H,7,9H2,1-2H3. The Morgan fingerprint density at radius 2 is 2.12 bits per heavy atom. The lowest BCUT2D eigenvalue weighted by Gasteiger charge is -2.16. The minimum atomic E-state index is -3.65. The van der Waals surface area contributed by atoms with E-state index in [-0.39, 0.29) is 16.8 Å².